The monoisotopic (exact) mass is 305 g/mol. The lowest BCUT2D eigenvalue weighted by molar-refractivity contribution is -0.112. The van der Waals surface area contributed by atoms with Crippen molar-refractivity contribution >= 4 is 22.6 Å². The zero-order valence-corrected chi connectivity index (χ0v) is 13.3. The molecule has 116 valence electrons. The Morgan fingerprint density at radius 3 is 2.65 bits per heavy atom. The number of para-hydroxylation sites is 2. The van der Waals surface area contributed by atoms with Crippen molar-refractivity contribution in [2.45, 2.75) is 20.3 Å². The first kappa shape index (κ1) is 15.0. The molecular formula is C19H19N3O. The third-order valence-electron chi connectivity index (χ3n) is 3.73. The quantitative estimate of drug-likeness (QED) is 0.730. The zero-order chi connectivity index (χ0) is 16.2. The molecule has 0 aliphatic rings. The highest BCUT2D eigenvalue weighted by Gasteiger charge is 2.06. The SMILES string of the molecule is CCC=C(C)C(=O)Nc1ccc(-n2cnc3ccccc32)cc1. The van der Waals surface area contributed by atoms with Crippen LogP contribution in [0, 0.1) is 0 Å². The van der Waals surface area contributed by atoms with Crippen molar-refractivity contribution in [2.75, 3.05) is 5.32 Å². The summed E-state index contributed by atoms with van der Waals surface area (Å²) in [5.74, 6) is -0.0623. The minimum Gasteiger partial charge on any atom is -0.322 e. The lowest BCUT2D eigenvalue weighted by Crippen LogP contribution is -2.12. The molecule has 0 aliphatic carbocycles. The fourth-order valence-electron chi connectivity index (χ4n) is 2.50. The van der Waals surface area contributed by atoms with Crippen LogP contribution in [0.2, 0.25) is 0 Å². The van der Waals surface area contributed by atoms with Crippen LogP contribution in [-0.4, -0.2) is 15.5 Å². The maximum absolute atomic E-state index is 12.0. The summed E-state index contributed by atoms with van der Waals surface area (Å²) >= 11 is 0. The molecule has 4 heteroatoms. The number of nitrogens with one attached hydrogen (secondary N) is 1. The molecule has 2 aromatic carbocycles. The maximum Gasteiger partial charge on any atom is 0.250 e. The normalized spacial score (nSPS) is 11.7. The number of anilines is 1. The molecule has 0 bridgehead atoms. The Morgan fingerprint density at radius 2 is 1.91 bits per heavy atom. The minimum atomic E-state index is -0.0623. The number of benzene rings is 2. The molecule has 3 rings (SSSR count). The van der Waals surface area contributed by atoms with Crippen LogP contribution in [0.15, 0.2) is 66.5 Å². The van der Waals surface area contributed by atoms with Crippen LogP contribution in [0.4, 0.5) is 5.69 Å². The molecule has 1 heterocycles. The van der Waals surface area contributed by atoms with Gasteiger partial charge in [0.15, 0.2) is 0 Å². The number of hydrogen-bond donors (Lipinski definition) is 1. The second-order valence-electron chi connectivity index (χ2n) is 5.40. The van der Waals surface area contributed by atoms with E-state index in [0.717, 1.165) is 34.4 Å². The fraction of sp³-hybridized carbons (Fsp3) is 0.158. The standard InChI is InChI=1S/C19H19N3O/c1-3-6-14(2)19(23)21-15-9-11-16(12-10-15)22-13-20-17-7-4-5-8-18(17)22/h4-13H,3H2,1-2H3,(H,21,23). The Morgan fingerprint density at radius 1 is 1.17 bits per heavy atom. The van der Waals surface area contributed by atoms with Crippen LogP contribution < -0.4 is 5.32 Å². The number of amides is 1. The summed E-state index contributed by atoms with van der Waals surface area (Å²) < 4.78 is 2.03. The molecule has 0 spiro atoms. The van der Waals surface area contributed by atoms with E-state index in [4.69, 9.17) is 0 Å². The molecule has 3 aromatic rings. The van der Waals surface area contributed by atoms with Gasteiger partial charge in [-0.2, -0.15) is 0 Å². The summed E-state index contributed by atoms with van der Waals surface area (Å²) in [6.07, 6.45) is 4.58. The van der Waals surface area contributed by atoms with Gasteiger partial charge < -0.3 is 5.32 Å². The van der Waals surface area contributed by atoms with Gasteiger partial charge in [0.1, 0.15) is 6.33 Å². The van der Waals surface area contributed by atoms with Crippen molar-refractivity contribution in [3.05, 3.63) is 66.5 Å². The highest BCUT2D eigenvalue weighted by atomic mass is 16.1. The summed E-state index contributed by atoms with van der Waals surface area (Å²) in [6.45, 7) is 3.84. The molecule has 0 unspecified atom stereocenters. The largest absolute Gasteiger partial charge is 0.322 e. The van der Waals surface area contributed by atoms with E-state index in [1.807, 2.05) is 79.3 Å². The van der Waals surface area contributed by atoms with Crippen molar-refractivity contribution in [1.82, 2.24) is 9.55 Å². The van der Waals surface area contributed by atoms with E-state index >= 15 is 0 Å². The van der Waals surface area contributed by atoms with Crippen LogP contribution in [-0.2, 0) is 4.79 Å². The summed E-state index contributed by atoms with van der Waals surface area (Å²) in [5, 5.41) is 2.90. The average Bonchev–Trinajstić information content (AvgIpc) is 3.00. The van der Waals surface area contributed by atoms with Crippen LogP contribution in [0.25, 0.3) is 16.7 Å². The van der Waals surface area contributed by atoms with Gasteiger partial charge in [0.25, 0.3) is 5.91 Å². The van der Waals surface area contributed by atoms with Gasteiger partial charge in [0, 0.05) is 16.9 Å². The Kier molecular flexibility index (Phi) is 4.24. The number of nitrogens with zero attached hydrogens (tertiary/aromatic N) is 2. The van der Waals surface area contributed by atoms with Gasteiger partial charge in [-0.3, -0.25) is 9.36 Å². The molecule has 1 N–H and O–H groups in total. The van der Waals surface area contributed by atoms with Gasteiger partial charge in [-0.05, 0) is 49.7 Å². The molecule has 4 nitrogen and oxygen atoms in total. The number of carbonyl (C=O) groups excluding carboxylic acids is 1. The minimum absolute atomic E-state index is 0.0623. The van der Waals surface area contributed by atoms with Crippen LogP contribution in [0.3, 0.4) is 0 Å². The van der Waals surface area contributed by atoms with Gasteiger partial charge in [0.05, 0.1) is 11.0 Å². The predicted octanol–water partition coefficient (Wildman–Crippen LogP) is 4.32. The van der Waals surface area contributed by atoms with E-state index in [-0.39, 0.29) is 5.91 Å². The first-order valence-corrected chi connectivity index (χ1v) is 7.69. The molecule has 0 saturated carbocycles. The van der Waals surface area contributed by atoms with E-state index in [1.54, 1.807) is 0 Å². The van der Waals surface area contributed by atoms with Crippen molar-refractivity contribution in [3.63, 3.8) is 0 Å². The van der Waals surface area contributed by atoms with Gasteiger partial charge in [0.2, 0.25) is 0 Å². The highest BCUT2D eigenvalue weighted by molar-refractivity contribution is 6.03. The van der Waals surface area contributed by atoms with Crippen molar-refractivity contribution in [1.29, 1.82) is 0 Å². The average molecular weight is 305 g/mol. The van der Waals surface area contributed by atoms with E-state index in [9.17, 15) is 4.79 Å². The third kappa shape index (κ3) is 3.16. The highest BCUT2D eigenvalue weighted by Crippen LogP contribution is 2.19. The molecule has 0 aliphatic heterocycles. The van der Waals surface area contributed by atoms with Crippen molar-refractivity contribution in [2.24, 2.45) is 0 Å². The zero-order valence-electron chi connectivity index (χ0n) is 13.3. The topological polar surface area (TPSA) is 46.9 Å². The van der Waals surface area contributed by atoms with Crippen LogP contribution >= 0.6 is 0 Å². The molecular weight excluding hydrogens is 286 g/mol. The molecule has 0 fully saturated rings. The lowest BCUT2D eigenvalue weighted by Gasteiger charge is -2.08. The first-order valence-electron chi connectivity index (χ1n) is 7.69. The van der Waals surface area contributed by atoms with Gasteiger partial charge in [-0.1, -0.05) is 25.1 Å². The molecule has 1 aromatic heterocycles. The molecule has 1 amide bonds. The van der Waals surface area contributed by atoms with E-state index in [2.05, 4.69) is 10.3 Å². The summed E-state index contributed by atoms with van der Waals surface area (Å²) in [6, 6.07) is 15.8. The second kappa shape index (κ2) is 6.48. The first-order chi connectivity index (χ1) is 11.2. The predicted molar refractivity (Wildman–Crippen MR) is 93.7 cm³/mol. The molecule has 23 heavy (non-hydrogen) atoms. The summed E-state index contributed by atoms with van der Waals surface area (Å²) in [4.78, 5) is 16.4. The van der Waals surface area contributed by atoms with Gasteiger partial charge >= 0.3 is 0 Å². The van der Waals surface area contributed by atoms with Gasteiger partial charge in [-0.25, -0.2) is 4.98 Å². The number of allylic oxidation sites excluding steroid dienone is 1. The molecule has 0 saturated heterocycles. The lowest BCUT2D eigenvalue weighted by atomic mass is 10.2. The summed E-state index contributed by atoms with van der Waals surface area (Å²) in [5.41, 5.74) is 4.55. The second-order valence-corrected chi connectivity index (χ2v) is 5.40. The van der Waals surface area contributed by atoms with Crippen LogP contribution in [0.5, 0.6) is 0 Å². The van der Waals surface area contributed by atoms with E-state index in [0.29, 0.717) is 0 Å². The number of hydrogen-bond acceptors (Lipinski definition) is 2. The van der Waals surface area contributed by atoms with Crippen molar-refractivity contribution < 1.29 is 4.79 Å². The third-order valence-corrected chi connectivity index (χ3v) is 3.73. The Labute approximate surface area is 135 Å². The number of imidazole rings is 1. The van der Waals surface area contributed by atoms with Gasteiger partial charge in [-0.15, -0.1) is 0 Å². The number of aromatic nitrogens is 2. The Hall–Kier alpha value is -2.88. The molecule has 0 radical (unpaired) electrons. The smallest absolute Gasteiger partial charge is 0.250 e. The number of fused-ring (bicyclic) bond motifs is 1. The Bertz CT molecular complexity index is 860. The maximum atomic E-state index is 12.0. The Balaban J connectivity index is 1.82. The van der Waals surface area contributed by atoms with Crippen molar-refractivity contribution in [3.8, 4) is 5.69 Å². The molecule has 0 atom stereocenters. The fourth-order valence-corrected chi connectivity index (χ4v) is 2.50. The number of carbonyl (C=O) groups is 1. The number of rotatable bonds is 4. The summed E-state index contributed by atoms with van der Waals surface area (Å²) in [7, 11) is 0. The van der Waals surface area contributed by atoms with E-state index < -0.39 is 0 Å². The van der Waals surface area contributed by atoms with E-state index in [1.165, 1.54) is 0 Å². The van der Waals surface area contributed by atoms with Crippen LogP contribution in [0.1, 0.15) is 20.3 Å².